The van der Waals surface area contributed by atoms with E-state index in [1.54, 1.807) is 0 Å². The first-order chi connectivity index (χ1) is 9.93. The molecular formula is C16H25N3O3. The van der Waals surface area contributed by atoms with E-state index in [9.17, 15) is 9.59 Å². The van der Waals surface area contributed by atoms with Gasteiger partial charge in [0, 0.05) is 18.5 Å². The van der Waals surface area contributed by atoms with Gasteiger partial charge in [0.2, 0.25) is 11.9 Å². The largest absolute Gasteiger partial charge is 0.460 e. The predicted octanol–water partition coefficient (Wildman–Crippen LogP) is 2.76. The minimum atomic E-state index is -0.498. The summed E-state index contributed by atoms with van der Waals surface area (Å²) in [4.78, 5) is 31.0. The van der Waals surface area contributed by atoms with Gasteiger partial charge in [0.1, 0.15) is 5.60 Å². The lowest BCUT2D eigenvalue weighted by Gasteiger charge is -2.20. The zero-order chi connectivity index (χ0) is 16.9. The number of anilines is 1. The van der Waals surface area contributed by atoms with Gasteiger partial charge in [-0.25, -0.2) is 4.98 Å². The molecule has 1 fully saturated rings. The van der Waals surface area contributed by atoms with E-state index in [2.05, 4.69) is 15.3 Å². The van der Waals surface area contributed by atoms with E-state index in [1.807, 2.05) is 41.5 Å². The van der Waals surface area contributed by atoms with Gasteiger partial charge in [-0.1, -0.05) is 13.8 Å². The molecule has 0 saturated heterocycles. The number of nitrogens with zero attached hydrogens (tertiary/aromatic N) is 1. The third-order valence-electron chi connectivity index (χ3n) is 4.00. The second-order valence-electron chi connectivity index (χ2n) is 7.59. The van der Waals surface area contributed by atoms with E-state index in [0.717, 1.165) is 11.4 Å². The zero-order valence-corrected chi connectivity index (χ0v) is 14.3. The molecule has 6 heteroatoms. The van der Waals surface area contributed by atoms with Crippen LogP contribution in [0.1, 0.15) is 58.8 Å². The molecule has 0 aromatic carbocycles. The topological polar surface area (TPSA) is 84.1 Å². The molecule has 0 unspecified atom stereocenters. The van der Waals surface area contributed by atoms with Crippen LogP contribution in [0.4, 0.5) is 5.95 Å². The number of hydrogen-bond donors (Lipinski definition) is 2. The molecule has 1 aromatic heterocycles. The number of nitrogens with one attached hydrogen (secondary N) is 2. The van der Waals surface area contributed by atoms with Crippen LogP contribution in [0, 0.1) is 18.3 Å². The number of hydrogen-bond acceptors (Lipinski definition) is 4. The van der Waals surface area contributed by atoms with Crippen molar-refractivity contribution in [2.24, 2.45) is 11.3 Å². The fourth-order valence-corrected chi connectivity index (χ4v) is 2.96. The van der Waals surface area contributed by atoms with Crippen molar-refractivity contribution in [3.05, 3.63) is 11.4 Å². The number of ether oxygens (including phenoxy) is 1. The summed E-state index contributed by atoms with van der Waals surface area (Å²) in [6.45, 7) is 13.0. The number of esters is 1. The summed E-state index contributed by atoms with van der Waals surface area (Å²) in [6, 6.07) is 0. The summed E-state index contributed by atoms with van der Waals surface area (Å²) in [5, 5.41) is 2.64. The van der Waals surface area contributed by atoms with Gasteiger partial charge in [-0.15, -0.1) is 0 Å². The highest BCUT2D eigenvalue weighted by Crippen LogP contribution is 2.65. The van der Waals surface area contributed by atoms with Crippen LogP contribution in [0.5, 0.6) is 0 Å². The molecule has 2 rings (SSSR count). The van der Waals surface area contributed by atoms with Gasteiger partial charge in [0.15, 0.2) is 0 Å². The minimum absolute atomic E-state index is 0.00103. The third-order valence-corrected chi connectivity index (χ3v) is 4.00. The number of aromatic nitrogens is 2. The van der Waals surface area contributed by atoms with E-state index < -0.39 is 5.60 Å². The molecule has 2 N–H and O–H groups in total. The van der Waals surface area contributed by atoms with E-state index in [-0.39, 0.29) is 29.1 Å². The van der Waals surface area contributed by atoms with Crippen molar-refractivity contribution in [2.75, 3.05) is 5.32 Å². The molecule has 1 aromatic rings. The van der Waals surface area contributed by atoms with Crippen LogP contribution in [0.25, 0.3) is 0 Å². The number of rotatable bonds is 3. The molecule has 1 saturated carbocycles. The molecule has 0 radical (unpaired) electrons. The monoisotopic (exact) mass is 307 g/mol. The smallest absolute Gasteiger partial charge is 0.310 e. The van der Waals surface area contributed by atoms with E-state index in [1.165, 1.54) is 6.92 Å². The summed E-state index contributed by atoms with van der Waals surface area (Å²) >= 11 is 0. The number of amides is 1. The summed E-state index contributed by atoms with van der Waals surface area (Å²) in [5.41, 5.74) is 0.996. The SMILES string of the molecule is CC(=O)Nc1nc([C@@H]2[C@@H](C(=O)OC(C)(C)C)C2(C)C)c(C)[nH]1. The van der Waals surface area contributed by atoms with Gasteiger partial charge in [0.25, 0.3) is 0 Å². The van der Waals surface area contributed by atoms with Crippen LogP contribution in [-0.4, -0.2) is 27.4 Å². The van der Waals surface area contributed by atoms with Crippen LogP contribution in [0.15, 0.2) is 0 Å². The van der Waals surface area contributed by atoms with Crippen molar-refractivity contribution >= 4 is 17.8 Å². The number of carbonyl (C=O) groups excluding carboxylic acids is 2. The highest BCUT2D eigenvalue weighted by atomic mass is 16.6. The lowest BCUT2D eigenvalue weighted by molar-refractivity contribution is -0.157. The molecule has 1 heterocycles. The molecule has 0 bridgehead atoms. The van der Waals surface area contributed by atoms with Crippen LogP contribution in [-0.2, 0) is 14.3 Å². The van der Waals surface area contributed by atoms with Crippen molar-refractivity contribution in [3.8, 4) is 0 Å². The quantitative estimate of drug-likeness (QED) is 0.841. The molecule has 1 amide bonds. The Hall–Kier alpha value is -1.85. The van der Waals surface area contributed by atoms with Crippen molar-refractivity contribution < 1.29 is 14.3 Å². The van der Waals surface area contributed by atoms with Crippen LogP contribution < -0.4 is 5.32 Å². The summed E-state index contributed by atoms with van der Waals surface area (Å²) in [7, 11) is 0. The van der Waals surface area contributed by atoms with Gasteiger partial charge >= 0.3 is 5.97 Å². The molecule has 22 heavy (non-hydrogen) atoms. The van der Waals surface area contributed by atoms with Gasteiger partial charge < -0.3 is 9.72 Å². The summed E-state index contributed by atoms with van der Waals surface area (Å²) in [6.07, 6.45) is 0. The highest BCUT2D eigenvalue weighted by molar-refractivity contribution is 5.87. The Bertz CT molecular complexity index is 611. The standard InChI is InChI=1S/C16H25N3O3/c1-8-12(19-14(17-8)18-9(2)20)10-11(16(10,6)7)13(21)22-15(3,4)5/h10-11H,1-7H3,(H2,17,18,19,20)/t10-,11-/m0/s1. The van der Waals surface area contributed by atoms with Gasteiger partial charge in [0.05, 0.1) is 11.6 Å². The van der Waals surface area contributed by atoms with Gasteiger partial charge in [-0.2, -0.15) is 0 Å². The number of imidazole rings is 1. The first kappa shape index (κ1) is 16.5. The van der Waals surface area contributed by atoms with Crippen LogP contribution in [0.3, 0.4) is 0 Å². The van der Waals surface area contributed by atoms with Crippen molar-refractivity contribution in [2.45, 2.75) is 60.0 Å². The third kappa shape index (κ3) is 3.15. The van der Waals surface area contributed by atoms with E-state index >= 15 is 0 Å². The van der Waals surface area contributed by atoms with Gasteiger partial charge in [-0.05, 0) is 33.1 Å². The lowest BCUT2D eigenvalue weighted by atomic mass is 10.1. The molecule has 0 spiro atoms. The summed E-state index contributed by atoms with van der Waals surface area (Å²) in [5.74, 6) is -0.157. The fourth-order valence-electron chi connectivity index (χ4n) is 2.96. The van der Waals surface area contributed by atoms with E-state index in [4.69, 9.17) is 4.74 Å². The minimum Gasteiger partial charge on any atom is -0.460 e. The second-order valence-corrected chi connectivity index (χ2v) is 7.59. The first-order valence-electron chi connectivity index (χ1n) is 7.50. The highest BCUT2D eigenvalue weighted by Gasteiger charge is 2.65. The molecule has 1 aliphatic carbocycles. The molecule has 0 aliphatic heterocycles. The number of aromatic amines is 1. The number of H-pyrrole nitrogens is 1. The van der Waals surface area contributed by atoms with Crippen molar-refractivity contribution in [1.29, 1.82) is 0 Å². The van der Waals surface area contributed by atoms with Crippen molar-refractivity contribution in [3.63, 3.8) is 0 Å². The maximum absolute atomic E-state index is 12.4. The Kier molecular flexibility index (Phi) is 3.83. The molecule has 2 atom stereocenters. The predicted molar refractivity (Wildman–Crippen MR) is 83.5 cm³/mol. The van der Waals surface area contributed by atoms with Crippen LogP contribution >= 0.6 is 0 Å². The number of carbonyl (C=O) groups is 2. The Morgan fingerprint density at radius 3 is 2.41 bits per heavy atom. The summed E-state index contributed by atoms with van der Waals surface area (Å²) < 4.78 is 5.51. The maximum atomic E-state index is 12.4. The lowest BCUT2D eigenvalue weighted by Crippen LogP contribution is -2.26. The Morgan fingerprint density at radius 1 is 1.32 bits per heavy atom. The first-order valence-corrected chi connectivity index (χ1v) is 7.50. The average Bonchev–Trinajstić information content (AvgIpc) is 2.67. The average molecular weight is 307 g/mol. The molecule has 1 aliphatic rings. The zero-order valence-electron chi connectivity index (χ0n) is 14.3. The number of aryl methyl sites for hydroxylation is 1. The van der Waals surface area contributed by atoms with E-state index in [0.29, 0.717) is 5.95 Å². The fraction of sp³-hybridized carbons (Fsp3) is 0.688. The Morgan fingerprint density at radius 2 is 1.91 bits per heavy atom. The molecule has 6 nitrogen and oxygen atoms in total. The van der Waals surface area contributed by atoms with Crippen molar-refractivity contribution in [1.82, 2.24) is 9.97 Å². The normalized spacial score (nSPS) is 23.0. The van der Waals surface area contributed by atoms with Gasteiger partial charge in [-0.3, -0.25) is 14.9 Å². The molecular weight excluding hydrogens is 282 g/mol. The Balaban J connectivity index is 2.21. The maximum Gasteiger partial charge on any atom is 0.310 e. The second kappa shape index (κ2) is 5.11. The van der Waals surface area contributed by atoms with Crippen LogP contribution in [0.2, 0.25) is 0 Å². The Labute approximate surface area is 131 Å². The molecule has 122 valence electrons.